The van der Waals surface area contributed by atoms with E-state index in [-0.39, 0.29) is 89.9 Å². The number of esters is 2. The van der Waals surface area contributed by atoms with Crippen LogP contribution in [0.5, 0.6) is 0 Å². The van der Waals surface area contributed by atoms with Gasteiger partial charge in [0.25, 0.3) is 5.79 Å². The van der Waals surface area contributed by atoms with Crippen molar-refractivity contribution in [1.82, 2.24) is 5.32 Å². The number of aryl methyl sites for hydroxylation is 1. The fraction of sp³-hybridized carbons (Fsp3) is 0.732. The zero-order valence-corrected chi connectivity index (χ0v) is 31.6. The molecule has 4 heterocycles. The molecule has 0 radical (unpaired) electrons. The van der Waals surface area contributed by atoms with Crippen molar-refractivity contribution in [2.24, 2.45) is 39.9 Å². The Morgan fingerprint density at radius 1 is 1.04 bits per heavy atom. The molecule has 3 saturated heterocycles. The molecule has 1 amide bonds. The summed E-state index contributed by atoms with van der Waals surface area (Å²) in [6.07, 6.45) is 7.29. The highest BCUT2D eigenvalue weighted by atomic mass is 32.2. The van der Waals surface area contributed by atoms with Gasteiger partial charge in [0, 0.05) is 36.4 Å². The molecule has 1 aromatic rings. The van der Waals surface area contributed by atoms with Crippen LogP contribution >= 0.6 is 11.8 Å². The molecule has 53 heavy (non-hydrogen) atoms. The van der Waals surface area contributed by atoms with Crippen molar-refractivity contribution in [3.05, 3.63) is 47.5 Å². The van der Waals surface area contributed by atoms with E-state index in [1.54, 1.807) is 6.08 Å². The van der Waals surface area contributed by atoms with Crippen molar-refractivity contribution < 1.29 is 48.3 Å². The molecular formula is C41H53NO10S. The Kier molecular flexibility index (Phi) is 8.91. The Labute approximate surface area is 315 Å². The Morgan fingerprint density at radius 2 is 1.87 bits per heavy atom. The van der Waals surface area contributed by atoms with Crippen molar-refractivity contribution in [2.75, 3.05) is 25.6 Å². The minimum Gasteiger partial charge on any atom is -0.465 e. The third-order valence-electron chi connectivity index (χ3n) is 15.5. The second-order valence-electron chi connectivity index (χ2n) is 17.7. The predicted octanol–water partition coefficient (Wildman–Crippen LogP) is 4.42. The quantitative estimate of drug-likeness (QED) is 0.269. The standard InChI is InChI=1S/C41H53NO10S/c1-24-18-40(42-33(44)21-53-40)41(47)36(50-24)51-31-17-27-9-10-30-29(12-14-37(2)28(13-15-39(30,37)22-43)26-16-35(46)48-20-26)38(27,19-32(31)52-41)23-49-34(45)11-8-25-6-4-3-5-7-25/h3-7,16,24,27-32,36,43,47H,8-15,17-23H2,1-2H3,(H,42,44)/t24-,27+,28-,29+,30-,31-,32-,36+,37-,38-,39+,40+,41?/m1/s1. The van der Waals surface area contributed by atoms with Crippen molar-refractivity contribution >= 4 is 29.6 Å². The monoisotopic (exact) mass is 751 g/mol. The topological polar surface area (TPSA) is 150 Å². The predicted molar refractivity (Wildman–Crippen MR) is 193 cm³/mol. The van der Waals surface area contributed by atoms with E-state index in [1.165, 1.54) is 11.8 Å². The molecule has 288 valence electrons. The van der Waals surface area contributed by atoms with Crippen molar-refractivity contribution in [1.29, 1.82) is 0 Å². The van der Waals surface area contributed by atoms with Crippen LogP contribution in [0, 0.1) is 39.9 Å². The van der Waals surface area contributed by atoms with E-state index in [9.17, 15) is 24.6 Å². The van der Waals surface area contributed by atoms with E-state index in [1.807, 2.05) is 37.3 Å². The van der Waals surface area contributed by atoms with Crippen LogP contribution in [0.3, 0.4) is 0 Å². The molecule has 12 heteroatoms. The first-order valence-corrected chi connectivity index (χ1v) is 20.8. The fourth-order valence-corrected chi connectivity index (χ4v) is 14.3. The van der Waals surface area contributed by atoms with Gasteiger partial charge in [0.05, 0.1) is 30.7 Å². The van der Waals surface area contributed by atoms with E-state index >= 15 is 0 Å². The Hall–Kier alpha value is -2.48. The number of amides is 1. The number of fused-ring (bicyclic) bond motifs is 8. The van der Waals surface area contributed by atoms with Gasteiger partial charge in [0.2, 0.25) is 12.2 Å². The molecule has 11 nitrogen and oxygen atoms in total. The smallest absolute Gasteiger partial charge is 0.331 e. The number of aliphatic hydroxyl groups excluding tert-OH is 1. The second kappa shape index (κ2) is 13.0. The minimum atomic E-state index is -1.91. The van der Waals surface area contributed by atoms with Gasteiger partial charge in [0.15, 0.2) is 0 Å². The maximum absolute atomic E-state index is 13.5. The van der Waals surface area contributed by atoms with Crippen LogP contribution in [0.25, 0.3) is 0 Å². The molecule has 9 rings (SSSR count). The molecule has 4 saturated carbocycles. The summed E-state index contributed by atoms with van der Waals surface area (Å²) in [7, 11) is 0. The van der Waals surface area contributed by atoms with Gasteiger partial charge < -0.3 is 39.2 Å². The van der Waals surface area contributed by atoms with Crippen LogP contribution < -0.4 is 5.32 Å². The number of thioether (sulfide) groups is 1. The number of hydrogen-bond acceptors (Lipinski definition) is 11. The van der Waals surface area contributed by atoms with E-state index < -0.39 is 28.5 Å². The fourth-order valence-electron chi connectivity index (χ4n) is 13.0. The number of nitrogens with one attached hydrogen (secondary N) is 1. The number of rotatable bonds is 7. The van der Waals surface area contributed by atoms with Crippen LogP contribution in [-0.4, -0.2) is 88.9 Å². The number of aliphatic hydroxyl groups is 2. The minimum absolute atomic E-state index is 0.0585. The lowest BCUT2D eigenvalue weighted by Crippen LogP contribution is -2.76. The number of benzene rings is 1. The molecule has 4 aliphatic carbocycles. The number of carbonyl (C=O) groups is 3. The van der Waals surface area contributed by atoms with E-state index in [0.717, 1.165) is 49.7 Å². The van der Waals surface area contributed by atoms with Crippen LogP contribution in [0.2, 0.25) is 0 Å². The maximum Gasteiger partial charge on any atom is 0.331 e. The first-order valence-electron chi connectivity index (χ1n) is 19.8. The van der Waals surface area contributed by atoms with Crippen LogP contribution in [0.4, 0.5) is 0 Å². The molecule has 7 fully saturated rings. The highest BCUT2D eigenvalue weighted by Gasteiger charge is 2.73. The van der Waals surface area contributed by atoms with Gasteiger partial charge in [-0.05, 0) is 105 Å². The van der Waals surface area contributed by atoms with Crippen molar-refractivity contribution in [3.63, 3.8) is 0 Å². The van der Waals surface area contributed by atoms with Crippen molar-refractivity contribution in [2.45, 2.75) is 120 Å². The molecule has 1 aromatic carbocycles. The maximum atomic E-state index is 13.5. The SMILES string of the molecule is C[C@@H]1C[C@@]2(NC(=O)CS2)C2(O)O[C@@H]3C[C@@]4(COC(=O)CCc5ccccc5)[C@@H](CC[C@@H]5[C@@H]4CC[C@]4(C)[C@@H](C6=CC(=O)OC6)CC[C@]54CO)C[C@H]3O[C@@H]2O1. The van der Waals surface area contributed by atoms with Gasteiger partial charge in [-0.1, -0.05) is 37.3 Å². The summed E-state index contributed by atoms with van der Waals surface area (Å²) < 4.78 is 31.5. The summed E-state index contributed by atoms with van der Waals surface area (Å²) in [5, 5.41) is 27.0. The number of carbonyl (C=O) groups excluding carboxylic acids is 3. The third kappa shape index (κ3) is 5.43. The Balaban J connectivity index is 1.04. The van der Waals surface area contributed by atoms with Gasteiger partial charge in [0.1, 0.15) is 11.5 Å². The zero-order valence-electron chi connectivity index (χ0n) is 30.8. The Morgan fingerprint density at radius 3 is 2.60 bits per heavy atom. The van der Waals surface area contributed by atoms with Crippen LogP contribution in [0.1, 0.15) is 83.6 Å². The second-order valence-corrected chi connectivity index (χ2v) is 18.9. The molecule has 0 bridgehead atoms. The third-order valence-corrected chi connectivity index (χ3v) is 16.9. The molecular weight excluding hydrogens is 699 g/mol. The number of ether oxygens (including phenoxy) is 5. The number of cyclic esters (lactones) is 1. The van der Waals surface area contributed by atoms with Crippen LogP contribution in [-0.2, 0) is 44.5 Å². The van der Waals surface area contributed by atoms with Crippen molar-refractivity contribution in [3.8, 4) is 0 Å². The van der Waals surface area contributed by atoms with Gasteiger partial charge in [-0.2, -0.15) is 0 Å². The summed E-state index contributed by atoms with van der Waals surface area (Å²) in [6.45, 7) is 4.87. The van der Waals surface area contributed by atoms with E-state index in [0.29, 0.717) is 32.3 Å². The number of hydrogen-bond donors (Lipinski definition) is 3. The van der Waals surface area contributed by atoms with Crippen LogP contribution in [0.15, 0.2) is 42.0 Å². The molecule has 13 atom stereocenters. The first kappa shape index (κ1) is 36.2. The highest BCUT2D eigenvalue weighted by Crippen LogP contribution is 2.74. The Bertz CT molecular complexity index is 1670. The van der Waals surface area contributed by atoms with Gasteiger partial charge >= 0.3 is 11.9 Å². The summed E-state index contributed by atoms with van der Waals surface area (Å²) in [4.78, 5) is 37.3. The lowest BCUT2D eigenvalue weighted by Gasteiger charge is -2.67. The average molecular weight is 752 g/mol. The molecule has 1 unspecified atom stereocenters. The van der Waals surface area contributed by atoms with Gasteiger partial charge in [-0.15, -0.1) is 11.8 Å². The van der Waals surface area contributed by atoms with E-state index in [4.69, 9.17) is 23.7 Å². The largest absolute Gasteiger partial charge is 0.465 e. The zero-order chi connectivity index (χ0) is 36.8. The summed E-state index contributed by atoms with van der Waals surface area (Å²) >= 11 is 1.36. The molecule has 8 aliphatic rings. The molecule has 0 aromatic heterocycles. The summed E-state index contributed by atoms with van der Waals surface area (Å²) in [5.74, 6) is -1.74. The average Bonchev–Trinajstić information content (AvgIpc) is 3.83. The van der Waals surface area contributed by atoms with Gasteiger partial charge in [-0.25, -0.2) is 4.79 Å². The summed E-state index contributed by atoms with van der Waals surface area (Å²) in [5.41, 5.74) is 1.07. The molecule has 1 spiro atoms. The summed E-state index contributed by atoms with van der Waals surface area (Å²) in [6, 6.07) is 9.96. The normalized spacial score (nSPS) is 47.0. The lowest BCUT2D eigenvalue weighted by molar-refractivity contribution is -0.449. The lowest BCUT2D eigenvalue weighted by atomic mass is 9.39. The van der Waals surface area contributed by atoms with Gasteiger partial charge in [-0.3, -0.25) is 9.59 Å². The van der Waals surface area contributed by atoms with E-state index in [2.05, 4.69) is 12.2 Å². The highest BCUT2D eigenvalue weighted by molar-refractivity contribution is 8.01. The first-order chi connectivity index (χ1) is 25.4. The molecule has 3 N–H and O–H groups in total. The molecule has 4 aliphatic heterocycles.